The van der Waals surface area contributed by atoms with Crippen LogP contribution in [0.3, 0.4) is 0 Å². The van der Waals surface area contributed by atoms with Crippen LogP contribution in [0.5, 0.6) is 0 Å². The molecule has 2 aromatic rings. The molecule has 1 fully saturated rings. The Balaban J connectivity index is 1.51. The second kappa shape index (κ2) is 8.25. The predicted octanol–water partition coefficient (Wildman–Crippen LogP) is 4.09. The van der Waals surface area contributed by atoms with Gasteiger partial charge in [-0.05, 0) is 50.2 Å². The zero-order chi connectivity index (χ0) is 18.7. The van der Waals surface area contributed by atoms with E-state index in [9.17, 15) is 4.79 Å². The molecule has 0 unspecified atom stereocenters. The van der Waals surface area contributed by atoms with Crippen LogP contribution >= 0.6 is 11.8 Å². The highest BCUT2D eigenvalue weighted by Crippen LogP contribution is 2.38. The lowest BCUT2D eigenvalue weighted by Crippen LogP contribution is -2.28. The molecule has 3 rings (SSSR count). The minimum Gasteiger partial charge on any atom is -0.349 e. The molecule has 140 valence electrons. The molecule has 6 heteroatoms. The van der Waals surface area contributed by atoms with E-state index in [4.69, 9.17) is 0 Å². The molecule has 0 saturated heterocycles. The van der Waals surface area contributed by atoms with Gasteiger partial charge >= 0.3 is 0 Å². The van der Waals surface area contributed by atoms with Crippen molar-refractivity contribution in [1.82, 2.24) is 20.1 Å². The van der Waals surface area contributed by atoms with Crippen molar-refractivity contribution < 1.29 is 4.79 Å². The molecule has 1 aromatic heterocycles. The average Bonchev–Trinajstić information content (AvgIpc) is 3.36. The summed E-state index contributed by atoms with van der Waals surface area (Å²) in [5.74, 6) is 1.97. The first-order valence-corrected chi connectivity index (χ1v) is 10.3. The second-order valence-corrected chi connectivity index (χ2v) is 8.49. The Hall–Kier alpha value is -1.82. The fraction of sp³-hybridized carbons (Fsp3) is 0.550. The van der Waals surface area contributed by atoms with E-state index in [0.29, 0.717) is 17.7 Å². The first kappa shape index (κ1) is 19.0. The van der Waals surface area contributed by atoms with E-state index in [-0.39, 0.29) is 11.9 Å². The zero-order valence-electron chi connectivity index (χ0n) is 16.0. The van der Waals surface area contributed by atoms with Crippen LogP contribution in [0.1, 0.15) is 62.6 Å². The van der Waals surface area contributed by atoms with Crippen LogP contribution in [0.4, 0.5) is 0 Å². The largest absolute Gasteiger partial charge is 0.349 e. The van der Waals surface area contributed by atoms with Gasteiger partial charge < -0.3 is 9.88 Å². The summed E-state index contributed by atoms with van der Waals surface area (Å²) in [6.45, 7) is 8.44. The van der Waals surface area contributed by atoms with Gasteiger partial charge in [0.15, 0.2) is 5.16 Å². The molecular weight excluding hydrogens is 344 g/mol. The predicted molar refractivity (Wildman–Crippen MR) is 105 cm³/mol. The maximum atomic E-state index is 12.3. The van der Waals surface area contributed by atoms with Crippen LogP contribution in [-0.2, 0) is 11.2 Å². The van der Waals surface area contributed by atoms with Crippen LogP contribution in [0.2, 0.25) is 0 Å². The van der Waals surface area contributed by atoms with E-state index in [1.54, 1.807) is 0 Å². The molecule has 1 heterocycles. The van der Waals surface area contributed by atoms with Crippen LogP contribution in [0.15, 0.2) is 29.4 Å². The summed E-state index contributed by atoms with van der Waals surface area (Å²) in [5.41, 5.74) is 2.47. The molecule has 0 aliphatic heterocycles. The number of rotatable bonds is 8. The van der Waals surface area contributed by atoms with Crippen LogP contribution in [-0.4, -0.2) is 26.4 Å². The van der Waals surface area contributed by atoms with Gasteiger partial charge in [0.2, 0.25) is 5.91 Å². The van der Waals surface area contributed by atoms with E-state index >= 15 is 0 Å². The second-order valence-electron chi connectivity index (χ2n) is 7.55. The van der Waals surface area contributed by atoms with Gasteiger partial charge in [-0.3, -0.25) is 4.79 Å². The lowest BCUT2D eigenvalue weighted by atomic mass is 10.00. The molecule has 0 spiro atoms. The summed E-state index contributed by atoms with van der Waals surface area (Å²) in [5, 5.41) is 12.3. The summed E-state index contributed by atoms with van der Waals surface area (Å²) in [6, 6.07) is 9.07. The van der Waals surface area contributed by atoms with Gasteiger partial charge in [-0.15, -0.1) is 10.2 Å². The van der Waals surface area contributed by atoms with Gasteiger partial charge in [0, 0.05) is 6.04 Å². The molecule has 0 bridgehead atoms. The SMILES string of the molecule is Cc1nnc(SCC(=O)N[C@H](C)c2ccc(CC(C)C)cc2)n1C1CC1. The monoisotopic (exact) mass is 372 g/mol. The Labute approximate surface area is 160 Å². The summed E-state index contributed by atoms with van der Waals surface area (Å²) >= 11 is 1.47. The fourth-order valence-electron chi connectivity index (χ4n) is 3.11. The van der Waals surface area contributed by atoms with Crippen molar-refractivity contribution >= 4 is 17.7 Å². The van der Waals surface area contributed by atoms with Gasteiger partial charge in [0.05, 0.1) is 11.8 Å². The van der Waals surface area contributed by atoms with Crippen molar-refractivity contribution in [3.8, 4) is 0 Å². The van der Waals surface area contributed by atoms with Crippen molar-refractivity contribution in [2.75, 3.05) is 5.75 Å². The first-order chi connectivity index (χ1) is 12.4. The molecule has 1 aromatic carbocycles. The van der Waals surface area contributed by atoms with E-state index in [0.717, 1.165) is 23.0 Å². The maximum absolute atomic E-state index is 12.3. The summed E-state index contributed by atoms with van der Waals surface area (Å²) < 4.78 is 2.16. The zero-order valence-corrected chi connectivity index (χ0v) is 16.8. The topological polar surface area (TPSA) is 59.8 Å². The van der Waals surface area contributed by atoms with Crippen molar-refractivity contribution in [1.29, 1.82) is 0 Å². The minimum atomic E-state index is -0.000705. The molecule has 1 amide bonds. The standard InChI is InChI=1S/C20H28N4OS/c1-13(2)11-16-5-7-17(8-6-16)14(3)21-19(25)12-26-20-23-22-15(4)24(20)18-9-10-18/h5-8,13-14,18H,9-12H2,1-4H3,(H,21,25)/t14-/m1/s1. The maximum Gasteiger partial charge on any atom is 0.230 e. The molecule has 1 aliphatic rings. The Morgan fingerprint density at radius 3 is 2.54 bits per heavy atom. The number of benzene rings is 1. The van der Waals surface area contributed by atoms with E-state index < -0.39 is 0 Å². The number of carbonyl (C=O) groups excluding carboxylic acids is 1. The van der Waals surface area contributed by atoms with Crippen molar-refractivity contribution in [3.63, 3.8) is 0 Å². The van der Waals surface area contributed by atoms with Crippen molar-refractivity contribution in [2.45, 2.75) is 64.2 Å². The van der Waals surface area contributed by atoms with Crippen LogP contribution in [0.25, 0.3) is 0 Å². The van der Waals surface area contributed by atoms with Crippen LogP contribution < -0.4 is 5.32 Å². The van der Waals surface area contributed by atoms with Crippen LogP contribution in [0, 0.1) is 12.8 Å². The molecule has 26 heavy (non-hydrogen) atoms. The number of carbonyl (C=O) groups is 1. The van der Waals surface area contributed by atoms with E-state index in [1.807, 2.05) is 13.8 Å². The summed E-state index contributed by atoms with van der Waals surface area (Å²) in [4.78, 5) is 12.3. The quantitative estimate of drug-likeness (QED) is 0.709. The molecular formula is C20H28N4OS. The molecule has 1 aliphatic carbocycles. The Kier molecular flexibility index (Phi) is 6.01. The highest BCUT2D eigenvalue weighted by atomic mass is 32.2. The third-order valence-corrected chi connectivity index (χ3v) is 5.52. The minimum absolute atomic E-state index is 0.000705. The highest BCUT2D eigenvalue weighted by Gasteiger charge is 2.28. The first-order valence-electron chi connectivity index (χ1n) is 9.36. The average molecular weight is 373 g/mol. The number of nitrogens with one attached hydrogen (secondary N) is 1. The number of nitrogens with zero attached hydrogens (tertiary/aromatic N) is 3. The van der Waals surface area contributed by atoms with Gasteiger partial charge in [-0.2, -0.15) is 0 Å². The molecule has 1 saturated carbocycles. The Bertz CT molecular complexity index is 750. The number of hydrogen-bond acceptors (Lipinski definition) is 4. The lowest BCUT2D eigenvalue weighted by Gasteiger charge is -2.15. The Morgan fingerprint density at radius 1 is 1.23 bits per heavy atom. The number of amides is 1. The lowest BCUT2D eigenvalue weighted by molar-refractivity contribution is -0.119. The normalized spacial score (nSPS) is 15.3. The Morgan fingerprint density at radius 2 is 1.92 bits per heavy atom. The van der Waals surface area contributed by atoms with E-state index in [2.05, 4.69) is 58.2 Å². The van der Waals surface area contributed by atoms with E-state index in [1.165, 1.54) is 30.2 Å². The number of aryl methyl sites for hydroxylation is 1. The molecule has 0 radical (unpaired) electrons. The summed E-state index contributed by atoms with van der Waals surface area (Å²) in [7, 11) is 0. The smallest absolute Gasteiger partial charge is 0.230 e. The number of thioether (sulfide) groups is 1. The highest BCUT2D eigenvalue weighted by molar-refractivity contribution is 7.99. The van der Waals surface area contributed by atoms with Gasteiger partial charge in [-0.25, -0.2) is 0 Å². The molecule has 1 atom stereocenters. The third kappa shape index (κ3) is 4.87. The third-order valence-electron chi connectivity index (χ3n) is 4.58. The number of aromatic nitrogens is 3. The van der Waals surface area contributed by atoms with Gasteiger partial charge in [-0.1, -0.05) is 49.9 Å². The van der Waals surface area contributed by atoms with Gasteiger partial charge in [0.1, 0.15) is 5.82 Å². The number of hydrogen-bond donors (Lipinski definition) is 1. The summed E-state index contributed by atoms with van der Waals surface area (Å²) in [6.07, 6.45) is 3.45. The molecule has 5 nitrogen and oxygen atoms in total. The van der Waals surface area contributed by atoms with Crippen molar-refractivity contribution in [3.05, 3.63) is 41.2 Å². The fourth-order valence-corrected chi connectivity index (χ4v) is 3.97. The molecule has 1 N–H and O–H groups in total. The van der Waals surface area contributed by atoms with Gasteiger partial charge in [0.25, 0.3) is 0 Å². The van der Waals surface area contributed by atoms with Crippen molar-refractivity contribution in [2.24, 2.45) is 5.92 Å².